The number of likely N-dealkylation sites (tertiary alicyclic amines) is 1. The summed E-state index contributed by atoms with van der Waals surface area (Å²) in [4.78, 5) is 41.2. The molecule has 0 radical (unpaired) electrons. The highest BCUT2D eigenvalue weighted by molar-refractivity contribution is 5.88. The van der Waals surface area contributed by atoms with Crippen LogP contribution in [0.4, 0.5) is 11.4 Å². The lowest BCUT2D eigenvalue weighted by atomic mass is 10.1. The molecule has 0 aromatic heterocycles. The monoisotopic (exact) mass is 512 g/mol. The molecule has 2 saturated heterocycles. The molecule has 3 amide bonds. The van der Waals surface area contributed by atoms with Crippen molar-refractivity contribution in [1.29, 1.82) is 0 Å². The number of anilines is 2. The van der Waals surface area contributed by atoms with E-state index in [9.17, 15) is 14.4 Å². The maximum atomic E-state index is 12.7. The normalized spacial score (nSPS) is 17.5. The van der Waals surface area contributed by atoms with Gasteiger partial charge >= 0.3 is 0 Å². The van der Waals surface area contributed by atoms with Crippen molar-refractivity contribution in [3.05, 3.63) is 48.1 Å². The van der Waals surface area contributed by atoms with Gasteiger partial charge in [-0.1, -0.05) is 30.4 Å². The van der Waals surface area contributed by atoms with Gasteiger partial charge in [-0.2, -0.15) is 0 Å². The Morgan fingerprint density at radius 3 is 2.46 bits per heavy atom. The van der Waals surface area contributed by atoms with Crippen molar-refractivity contribution in [1.82, 2.24) is 20.4 Å². The van der Waals surface area contributed by atoms with E-state index in [0.717, 1.165) is 43.9 Å². The van der Waals surface area contributed by atoms with Gasteiger partial charge in [0, 0.05) is 59.2 Å². The fraction of sp³-hybridized carbons (Fsp3) is 0.536. The SMILES string of the molecule is C=C/C(C)=C\C.CNc1ccc(CNC(=O)C2CCCN2C(=O)CCCC(=O)N2CCNCC2)cc1N. The molecule has 0 bridgehead atoms. The smallest absolute Gasteiger partial charge is 0.243 e. The molecule has 1 aromatic rings. The van der Waals surface area contributed by atoms with Gasteiger partial charge in [-0.15, -0.1) is 0 Å². The van der Waals surface area contributed by atoms with Crippen molar-refractivity contribution < 1.29 is 14.4 Å². The number of amides is 3. The van der Waals surface area contributed by atoms with Crippen molar-refractivity contribution in [2.75, 3.05) is 50.8 Å². The van der Waals surface area contributed by atoms with E-state index >= 15 is 0 Å². The van der Waals surface area contributed by atoms with E-state index in [4.69, 9.17) is 5.73 Å². The van der Waals surface area contributed by atoms with Crippen LogP contribution in [0.3, 0.4) is 0 Å². The lowest BCUT2D eigenvalue weighted by molar-refractivity contribution is -0.139. The van der Waals surface area contributed by atoms with Gasteiger partial charge in [0.1, 0.15) is 6.04 Å². The third-order valence-electron chi connectivity index (χ3n) is 6.76. The second-order valence-electron chi connectivity index (χ2n) is 9.36. The molecule has 5 N–H and O–H groups in total. The topological polar surface area (TPSA) is 120 Å². The van der Waals surface area contributed by atoms with Crippen LogP contribution in [0.2, 0.25) is 0 Å². The maximum absolute atomic E-state index is 12.7. The molecule has 2 heterocycles. The Morgan fingerprint density at radius 2 is 1.86 bits per heavy atom. The average Bonchev–Trinajstić information content (AvgIpc) is 3.42. The second kappa shape index (κ2) is 15.7. The summed E-state index contributed by atoms with van der Waals surface area (Å²) in [5.41, 5.74) is 9.59. The largest absolute Gasteiger partial charge is 0.397 e. The van der Waals surface area contributed by atoms with Gasteiger partial charge in [0.2, 0.25) is 17.7 Å². The molecule has 3 rings (SSSR count). The first kappa shape index (κ1) is 29.9. The average molecular weight is 513 g/mol. The van der Waals surface area contributed by atoms with Crippen molar-refractivity contribution in [2.24, 2.45) is 0 Å². The van der Waals surface area contributed by atoms with Gasteiger partial charge in [0.05, 0.1) is 11.4 Å². The number of nitrogens with two attached hydrogens (primary N) is 1. The fourth-order valence-corrected chi connectivity index (χ4v) is 4.32. The first-order valence-electron chi connectivity index (χ1n) is 13.2. The molecule has 2 aliphatic heterocycles. The van der Waals surface area contributed by atoms with Crippen LogP contribution in [0.15, 0.2) is 42.5 Å². The first-order valence-corrected chi connectivity index (χ1v) is 13.2. The van der Waals surface area contributed by atoms with Crippen LogP contribution >= 0.6 is 0 Å². The lowest BCUT2D eigenvalue weighted by Gasteiger charge is -2.27. The number of nitrogens with zero attached hydrogens (tertiary/aromatic N) is 2. The van der Waals surface area contributed by atoms with Crippen molar-refractivity contribution in [3.63, 3.8) is 0 Å². The van der Waals surface area contributed by atoms with Crippen LogP contribution in [0.5, 0.6) is 0 Å². The Kier molecular flexibility index (Phi) is 12.7. The van der Waals surface area contributed by atoms with Crippen LogP contribution in [0, 0.1) is 0 Å². The van der Waals surface area contributed by atoms with Crippen LogP contribution in [-0.2, 0) is 20.9 Å². The number of nitrogens with one attached hydrogen (secondary N) is 3. The summed E-state index contributed by atoms with van der Waals surface area (Å²) < 4.78 is 0. The second-order valence-corrected chi connectivity index (χ2v) is 9.36. The Bertz CT molecular complexity index is 955. The third-order valence-corrected chi connectivity index (χ3v) is 6.76. The van der Waals surface area contributed by atoms with E-state index in [2.05, 4.69) is 22.5 Å². The van der Waals surface area contributed by atoms with E-state index < -0.39 is 6.04 Å². The standard InChI is InChI=1S/C22H34N6O3.C6H10/c1-24-18-8-7-16(14-17(18)23)15-26-22(31)19-4-3-11-28(19)21(30)6-2-5-20(29)27-12-9-25-10-13-27;1-4-6(3)5-2/h7-8,14,19,24-25H,2-6,9-13,15,23H2,1H3,(H,26,31);4-5H,1H2,2-3H3/b;6-5-. The van der Waals surface area contributed by atoms with Crippen molar-refractivity contribution in [3.8, 4) is 0 Å². The van der Waals surface area contributed by atoms with E-state index in [1.165, 1.54) is 5.57 Å². The van der Waals surface area contributed by atoms with Gasteiger partial charge in [-0.3, -0.25) is 14.4 Å². The highest BCUT2D eigenvalue weighted by Gasteiger charge is 2.33. The van der Waals surface area contributed by atoms with Crippen LogP contribution in [0.25, 0.3) is 0 Å². The van der Waals surface area contributed by atoms with Crippen molar-refractivity contribution in [2.45, 2.75) is 58.5 Å². The highest BCUT2D eigenvalue weighted by Crippen LogP contribution is 2.21. The maximum Gasteiger partial charge on any atom is 0.243 e. The minimum absolute atomic E-state index is 0.0478. The van der Waals surface area contributed by atoms with Gasteiger partial charge in [-0.05, 0) is 50.8 Å². The minimum atomic E-state index is -0.440. The summed E-state index contributed by atoms with van der Waals surface area (Å²) in [5, 5.41) is 9.17. The fourth-order valence-electron chi connectivity index (χ4n) is 4.32. The number of rotatable bonds is 9. The molecular formula is C28H44N6O3. The molecule has 204 valence electrons. The zero-order chi connectivity index (χ0) is 27.2. The molecule has 9 nitrogen and oxygen atoms in total. The summed E-state index contributed by atoms with van der Waals surface area (Å²) in [6.45, 7) is 11.6. The summed E-state index contributed by atoms with van der Waals surface area (Å²) in [6.07, 6.45) is 6.52. The predicted molar refractivity (Wildman–Crippen MR) is 150 cm³/mol. The number of hydrogen-bond acceptors (Lipinski definition) is 6. The highest BCUT2D eigenvalue weighted by atomic mass is 16.2. The van der Waals surface area contributed by atoms with E-state index in [1.807, 2.05) is 49.1 Å². The molecule has 1 unspecified atom stereocenters. The Balaban J connectivity index is 0.000000717. The minimum Gasteiger partial charge on any atom is -0.397 e. The van der Waals surface area contributed by atoms with Gasteiger partial charge in [0.15, 0.2) is 0 Å². The summed E-state index contributed by atoms with van der Waals surface area (Å²) in [7, 11) is 1.81. The quantitative estimate of drug-likeness (QED) is 0.298. The van der Waals surface area contributed by atoms with Crippen LogP contribution in [0.1, 0.15) is 51.5 Å². The number of piperazine rings is 1. The zero-order valence-electron chi connectivity index (χ0n) is 22.6. The molecule has 1 aromatic carbocycles. The first-order chi connectivity index (χ1) is 17.8. The zero-order valence-corrected chi connectivity index (χ0v) is 22.6. The lowest BCUT2D eigenvalue weighted by Crippen LogP contribution is -2.46. The van der Waals surface area contributed by atoms with Gasteiger partial charge in [0.25, 0.3) is 0 Å². The molecule has 2 aliphatic rings. The number of hydrogen-bond donors (Lipinski definition) is 4. The van der Waals surface area contributed by atoms with Gasteiger partial charge in [-0.25, -0.2) is 0 Å². The third kappa shape index (κ3) is 9.57. The molecule has 2 fully saturated rings. The number of allylic oxidation sites excluding steroid dienone is 3. The Hall–Kier alpha value is -3.33. The predicted octanol–water partition coefficient (Wildman–Crippen LogP) is 2.66. The van der Waals surface area contributed by atoms with E-state index in [0.29, 0.717) is 44.5 Å². The molecule has 9 heteroatoms. The van der Waals surface area contributed by atoms with Gasteiger partial charge < -0.3 is 31.5 Å². The van der Waals surface area contributed by atoms with Crippen molar-refractivity contribution >= 4 is 29.1 Å². The van der Waals surface area contributed by atoms with E-state index in [1.54, 1.807) is 11.9 Å². The summed E-state index contributed by atoms with van der Waals surface area (Å²) >= 11 is 0. The number of carbonyl (C=O) groups excluding carboxylic acids is 3. The summed E-state index contributed by atoms with van der Waals surface area (Å²) in [5.74, 6) is -0.0824. The molecule has 0 aliphatic carbocycles. The number of nitrogen functional groups attached to an aromatic ring is 1. The molecule has 0 spiro atoms. The molecular weight excluding hydrogens is 468 g/mol. The molecule has 37 heavy (non-hydrogen) atoms. The van der Waals surface area contributed by atoms with E-state index in [-0.39, 0.29) is 17.7 Å². The summed E-state index contributed by atoms with van der Waals surface area (Å²) in [6, 6.07) is 5.18. The molecule has 0 saturated carbocycles. The van der Waals surface area contributed by atoms with Crippen LogP contribution in [-0.4, -0.2) is 73.3 Å². The molecule has 1 atom stereocenters. The Morgan fingerprint density at radius 1 is 1.16 bits per heavy atom. The van der Waals surface area contributed by atoms with Crippen LogP contribution < -0.4 is 21.7 Å². The number of benzene rings is 1. The number of carbonyl (C=O) groups is 3. The Labute approximate surface area is 221 Å².